The summed E-state index contributed by atoms with van der Waals surface area (Å²) in [5.74, 6) is -0.472. The van der Waals surface area contributed by atoms with Gasteiger partial charge in [-0.1, -0.05) is 32.9 Å². The van der Waals surface area contributed by atoms with Gasteiger partial charge in [0.25, 0.3) is 5.91 Å². The molecule has 3 rings (SSSR count). The molecule has 3 aromatic rings. The number of carbonyl (C=O) groups excluding carboxylic acids is 2. The Labute approximate surface area is 174 Å². The van der Waals surface area contributed by atoms with E-state index in [9.17, 15) is 9.59 Å². The molecule has 0 fully saturated rings. The van der Waals surface area contributed by atoms with Gasteiger partial charge in [-0.05, 0) is 29.5 Å². The Hall–Kier alpha value is -3.49. The van der Waals surface area contributed by atoms with Gasteiger partial charge in [-0.2, -0.15) is 0 Å². The Balaban J connectivity index is 1.40. The summed E-state index contributed by atoms with van der Waals surface area (Å²) in [6.07, 6.45) is 3.58. The summed E-state index contributed by atoms with van der Waals surface area (Å²) in [4.78, 5) is 36.3. The van der Waals surface area contributed by atoms with Crippen LogP contribution in [-0.4, -0.2) is 44.5 Å². The number of nitrogen functional groups attached to an aromatic ring is 1. The van der Waals surface area contributed by atoms with Crippen LogP contribution in [0.25, 0.3) is 11.2 Å². The molecule has 0 bridgehead atoms. The quantitative estimate of drug-likeness (QED) is 0.451. The van der Waals surface area contributed by atoms with Gasteiger partial charge in [0.15, 0.2) is 11.5 Å². The van der Waals surface area contributed by atoms with E-state index in [-0.39, 0.29) is 24.5 Å². The number of anilines is 1. The first kappa shape index (κ1) is 21.2. The van der Waals surface area contributed by atoms with E-state index in [0.29, 0.717) is 35.5 Å². The number of nitrogens with two attached hydrogens (primary N) is 1. The Morgan fingerprint density at radius 3 is 2.57 bits per heavy atom. The topological polar surface area (TPSA) is 125 Å². The minimum absolute atomic E-state index is 0.0152. The smallest absolute Gasteiger partial charge is 0.325 e. The summed E-state index contributed by atoms with van der Waals surface area (Å²) in [5.41, 5.74) is 8.60. The highest BCUT2D eigenvalue weighted by atomic mass is 16.5. The van der Waals surface area contributed by atoms with Crippen molar-refractivity contribution >= 4 is 28.9 Å². The number of aromatic nitrogens is 4. The van der Waals surface area contributed by atoms with Gasteiger partial charge in [-0.15, -0.1) is 0 Å². The van der Waals surface area contributed by atoms with Gasteiger partial charge in [0.05, 0.1) is 12.9 Å². The summed E-state index contributed by atoms with van der Waals surface area (Å²) in [7, 11) is 0. The largest absolute Gasteiger partial charge is 0.464 e. The molecule has 0 unspecified atom stereocenters. The zero-order chi connectivity index (χ0) is 21.7. The first-order valence-electron chi connectivity index (χ1n) is 9.71. The zero-order valence-corrected chi connectivity index (χ0v) is 17.4. The number of amides is 1. The predicted molar refractivity (Wildman–Crippen MR) is 113 cm³/mol. The molecular formula is C21H26N6O3. The van der Waals surface area contributed by atoms with E-state index in [1.54, 1.807) is 18.5 Å². The fourth-order valence-electron chi connectivity index (χ4n) is 2.91. The number of rotatable bonds is 7. The second kappa shape index (κ2) is 8.89. The molecule has 0 spiro atoms. The number of hydrogen-bond donors (Lipinski definition) is 2. The molecule has 0 radical (unpaired) electrons. The number of imidazole rings is 1. The lowest BCUT2D eigenvalue weighted by Crippen LogP contribution is -2.30. The van der Waals surface area contributed by atoms with Crippen molar-refractivity contribution in [3.63, 3.8) is 0 Å². The van der Waals surface area contributed by atoms with Gasteiger partial charge in [-0.25, -0.2) is 15.0 Å². The number of nitrogens with one attached hydrogen (secondary N) is 1. The van der Waals surface area contributed by atoms with Crippen LogP contribution < -0.4 is 11.1 Å². The molecule has 3 N–H and O–H groups in total. The van der Waals surface area contributed by atoms with Gasteiger partial charge in [-0.3, -0.25) is 9.59 Å². The van der Waals surface area contributed by atoms with Gasteiger partial charge in [0.1, 0.15) is 18.4 Å². The van der Waals surface area contributed by atoms with Gasteiger partial charge in [0, 0.05) is 12.1 Å². The number of ether oxygens (including phenoxy) is 1. The van der Waals surface area contributed by atoms with Crippen LogP contribution in [0.4, 0.5) is 5.82 Å². The van der Waals surface area contributed by atoms with Gasteiger partial charge in [0.2, 0.25) is 0 Å². The van der Waals surface area contributed by atoms with Crippen LogP contribution >= 0.6 is 0 Å². The summed E-state index contributed by atoms with van der Waals surface area (Å²) in [5, 5.41) is 2.58. The maximum absolute atomic E-state index is 12.2. The molecule has 9 nitrogen and oxygen atoms in total. The number of esters is 1. The zero-order valence-electron chi connectivity index (χ0n) is 17.4. The second-order valence-corrected chi connectivity index (χ2v) is 7.95. The standard InChI is InChI=1S/C21H26N6O3/c1-21(2,3)15-7-5-14(6-8-15)20(29)23-11-16(28)30-10-4-9-27-13-26-17-18(22)24-12-25-19(17)27/h5-8,12-13H,4,9-11H2,1-3H3,(H,23,29)(H2,22,24,25). The van der Waals surface area contributed by atoms with E-state index in [2.05, 4.69) is 41.0 Å². The normalized spacial score (nSPS) is 11.4. The maximum atomic E-state index is 12.2. The van der Waals surface area contributed by atoms with Crippen molar-refractivity contribution in [2.75, 3.05) is 18.9 Å². The second-order valence-electron chi connectivity index (χ2n) is 7.95. The minimum atomic E-state index is -0.489. The fourth-order valence-corrected chi connectivity index (χ4v) is 2.91. The monoisotopic (exact) mass is 410 g/mol. The maximum Gasteiger partial charge on any atom is 0.325 e. The highest BCUT2D eigenvalue weighted by Crippen LogP contribution is 2.22. The van der Waals surface area contributed by atoms with Crippen LogP contribution in [0, 0.1) is 0 Å². The molecule has 0 atom stereocenters. The molecule has 0 saturated heterocycles. The third kappa shape index (κ3) is 5.11. The van der Waals surface area contributed by atoms with Crippen LogP contribution in [0.3, 0.4) is 0 Å². The van der Waals surface area contributed by atoms with Crippen molar-refractivity contribution in [2.45, 2.75) is 39.2 Å². The molecule has 0 aliphatic rings. The lowest BCUT2D eigenvalue weighted by atomic mass is 9.87. The predicted octanol–water partition coefficient (Wildman–Crippen LogP) is 2.07. The van der Waals surface area contributed by atoms with Gasteiger partial charge < -0.3 is 20.4 Å². The van der Waals surface area contributed by atoms with Crippen molar-refractivity contribution in [1.29, 1.82) is 0 Å². The fraction of sp³-hybridized carbons (Fsp3) is 0.381. The first-order chi connectivity index (χ1) is 14.3. The van der Waals surface area contributed by atoms with E-state index < -0.39 is 5.97 Å². The lowest BCUT2D eigenvalue weighted by molar-refractivity contribution is -0.142. The molecule has 1 aromatic carbocycles. The first-order valence-corrected chi connectivity index (χ1v) is 9.71. The number of hydrogen-bond acceptors (Lipinski definition) is 7. The van der Waals surface area contributed by atoms with Crippen molar-refractivity contribution in [3.8, 4) is 0 Å². The minimum Gasteiger partial charge on any atom is -0.464 e. The van der Waals surface area contributed by atoms with Crippen LogP contribution in [-0.2, 0) is 21.5 Å². The van der Waals surface area contributed by atoms with Crippen molar-refractivity contribution in [1.82, 2.24) is 24.8 Å². The van der Waals surface area contributed by atoms with E-state index in [1.807, 2.05) is 16.7 Å². The highest BCUT2D eigenvalue weighted by molar-refractivity contribution is 5.95. The molecule has 0 aliphatic carbocycles. The van der Waals surface area contributed by atoms with E-state index in [0.717, 1.165) is 5.56 Å². The van der Waals surface area contributed by atoms with Crippen molar-refractivity contribution < 1.29 is 14.3 Å². The van der Waals surface area contributed by atoms with Crippen LogP contribution in [0.2, 0.25) is 0 Å². The summed E-state index contributed by atoms with van der Waals surface area (Å²) in [6.45, 7) is 6.92. The van der Waals surface area contributed by atoms with E-state index >= 15 is 0 Å². The number of aryl methyl sites for hydroxylation is 1. The molecule has 30 heavy (non-hydrogen) atoms. The van der Waals surface area contributed by atoms with E-state index in [4.69, 9.17) is 10.5 Å². The summed E-state index contributed by atoms with van der Waals surface area (Å²) < 4.78 is 7.00. The Morgan fingerprint density at radius 2 is 1.87 bits per heavy atom. The van der Waals surface area contributed by atoms with Crippen molar-refractivity contribution in [2.24, 2.45) is 0 Å². The Kier molecular flexibility index (Phi) is 6.29. The molecule has 2 heterocycles. The third-order valence-electron chi connectivity index (χ3n) is 4.64. The Morgan fingerprint density at radius 1 is 1.13 bits per heavy atom. The molecule has 1 amide bonds. The number of nitrogens with zero attached hydrogens (tertiary/aromatic N) is 4. The third-order valence-corrected chi connectivity index (χ3v) is 4.64. The van der Waals surface area contributed by atoms with Crippen LogP contribution in [0.1, 0.15) is 43.1 Å². The molecule has 9 heteroatoms. The SMILES string of the molecule is CC(C)(C)c1ccc(C(=O)NCC(=O)OCCCn2cnc3c(N)ncnc32)cc1. The van der Waals surface area contributed by atoms with Crippen molar-refractivity contribution in [3.05, 3.63) is 48.0 Å². The lowest BCUT2D eigenvalue weighted by Gasteiger charge is -2.19. The molecule has 0 saturated carbocycles. The van der Waals surface area contributed by atoms with Crippen LogP contribution in [0.5, 0.6) is 0 Å². The Bertz CT molecular complexity index is 1040. The molecule has 0 aliphatic heterocycles. The summed E-state index contributed by atoms with van der Waals surface area (Å²) in [6, 6.07) is 7.36. The van der Waals surface area contributed by atoms with Crippen LogP contribution in [0.15, 0.2) is 36.9 Å². The summed E-state index contributed by atoms with van der Waals surface area (Å²) >= 11 is 0. The van der Waals surface area contributed by atoms with E-state index in [1.165, 1.54) is 6.33 Å². The molecular weight excluding hydrogens is 384 g/mol. The number of carbonyl (C=O) groups is 2. The number of benzene rings is 1. The molecule has 2 aromatic heterocycles. The van der Waals surface area contributed by atoms with Gasteiger partial charge >= 0.3 is 5.97 Å². The number of fused-ring (bicyclic) bond motifs is 1. The molecule has 158 valence electrons. The average Bonchev–Trinajstić information content (AvgIpc) is 3.13. The average molecular weight is 410 g/mol. The highest BCUT2D eigenvalue weighted by Gasteiger charge is 2.15.